The summed E-state index contributed by atoms with van der Waals surface area (Å²) in [5.74, 6) is 0.441. The van der Waals surface area contributed by atoms with Crippen molar-refractivity contribution in [2.75, 3.05) is 5.32 Å². The maximum atomic E-state index is 11.5. The molecule has 0 radical (unpaired) electrons. The molecule has 0 aliphatic rings. The molecule has 0 bridgehead atoms. The highest BCUT2D eigenvalue weighted by atomic mass is 79.9. The average Bonchev–Trinajstić information content (AvgIpc) is 2.63. The monoisotopic (exact) mass is 414 g/mol. The van der Waals surface area contributed by atoms with Gasteiger partial charge in [-0.1, -0.05) is 45.8 Å². The molecular weight excluding hydrogens is 400 g/mol. The Labute approximate surface area is 158 Å². The lowest BCUT2D eigenvalue weighted by atomic mass is 10.1. The van der Waals surface area contributed by atoms with Crippen LogP contribution in [0.4, 0.5) is 11.5 Å². The van der Waals surface area contributed by atoms with Crippen LogP contribution >= 0.6 is 15.9 Å². The van der Waals surface area contributed by atoms with Crippen molar-refractivity contribution in [1.82, 2.24) is 9.97 Å². The van der Waals surface area contributed by atoms with E-state index in [0.29, 0.717) is 12.3 Å². The van der Waals surface area contributed by atoms with Crippen LogP contribution in [-0.2, 0) is 6.54 Å². The van der Waals surface area contributed by atoms with Crippen LogP contribution in [0.5, 0.6) is 11.6 Å². The van der Waals surface area contributed by atoms with Crippen molar-refractivity contribution in [3.63, 3.8) is 0 Å². The minimum absolute atomic E-state index is 0.109. The van der Waals surface area contributed by atoms with Gasteiger partial charge in [-0.3, -0.25) is 10.1 Å². The standard InChI is InChI=1S/C18H15BrN4O3/c1-12-2-4-13(5-3-12)10-20-17-16(23(24)25)18(22-11-21-17)26-15-8-6-14(19)7-9-15/h2-9,11H,10H2,1H3,(H,20,21,22). The van der Waals surface area contributed by atoms with Gasteiger partial charge in [0.15, 0.2) is 0 Å². The van der Waals surface area contributed by atoms with Gasteiger partial charge in [-0.25, -0.2) is 4.98 Å². The zero-order chi connectivity index (χ0) is 18.5. The Balaban J connectivity index is 1.84. The van der Waals surface area contributed by atoms with Crippen molar-refractivity contribution >= 4 is 27.4 Å². The number of nitrogens with zero attached hydrogens (tertiary/aromatic N) is 3. The number of benzene rings is 2. The van der Waals surface area contributed by atoms with Gasteiger partial charge in [0, 0.05) is 11.0 Å². The smallest absolute Gasteiger partial charge is 0.373 e. The second kappa shape index (κ2) is 7.92. The maximum Gasteiger partial charge on any atom is 0.373 e. The minimum atomic E-state index is -0.550. The predicted molar refractivity (Wildman–Crippen MR) is 101 cm³/mol. The molecule has 1 heterocycles. The number of hydrogen-bond acceptors (Lipinski definition) is 6. The second-order valence-electron chi connectivity index (χ2n) is 5.53. The number of halogens is 1. The minimum Gasteiger partial charge on any atom is -0.434 e. The number of anilines is 1. The molecule has 0 amide bonds. The summed E-state index contributed by atoms with van der Waals surface area (Å²) >= 11 is 3.33. The lowest BCUT2D eigenvalue weighted by molar-refractivity contribution is -0.385. The van der Waals surface area contributed by atoms with Gasteiger partial charge >= 0.3 is 11.6 Å². The topological polar surface area (TPSA) is 90.2 Å². The van der Waals surface area contributed by atoms with Crippen molar-refractivity contribution in [3.05, 3.63) is 80.6 Å². The highest BCUT2D eigenvalue weighted by Crippen LogP contribution is 2.34. The lowest BCUT2D eigenvalue weighted by Gasteiger charge is -2.09. The largest absolute Gasteiger partial charge is 0.434 e. The first-order valence-corrected chi connectivity index (χ1v) is 8.54. The maximum absolute atomic E-state index is 11.5. The summed E-state index contributed by atoms with van der Waals surface area (Å²) in [6.07, 6.45) is 1.23. The van der Waals surface area contributed by atoms with E-state index in [4.69, 9.17) is 4.74 Å². The fourth-order valence-electron chi connectivity index (χ4n) is 2.24. The van der Waals surface area contributed by atoms with Crippen LogP contribution < -0.4 is 10.1 Å². The van der Waals surface area contributed by atoms with Gasteiger partial charge in [0.05, 0.1) is 4.92 Å². The van der Waals surface area contributed by atoms with E-state index >= 15 is 0 Å². The number of aromatic nitrogens is 2. The Bertz CT molecular complexity index is 915. The van der Waals surface area contributed by atoms with Crippen LogP contribution in [0.25, 0.3) is 0 Å². The summed E-state index contributed by atoms with van der Waals surface area (Å²) in [5.41, 5.74) is 1.83. The molecule has 3 aromatic rings. The van der Waals surface area contributed by atoms with E-state index < -0.39 is 4.92 Å². The molecule has 0 spiro atoms. The summed E-state index contributed by atoms with van der Waals surface area (Å²) in [6.45, 7) is 2.40. The van der Waals surface area contributed by atoms with Crippen molar-refractivity contribution in [1.29, 1.82) is 0 Å². The van der Waals surface area contributed by atoms with E-state index in [0.717, 1.165) is 15.6 Å². The number of ether oxygens (including phenoxy) is 1. The number of aryl methyl sites for hydroxylation is 1. The molecule has 0 unspecified atom stereocenters. The van der Waals surface area contributed by atoms with Crippen LogP contribution in [0.15, 0.2) is 59.3 Å². The van der Waals surface area contributed by atoms with E-state index in [1.165, 1.54) is 6.33 Å². The summed E-state index contributed by atoms with van der Waals surface area (Å²) < 4.78 is 6.46. The number of nitrogens with one attached hydrogen (secondary N) is 1. The zero-order valence-electron chi connectivity index (χ0n) is 13.8. The van der Waals surface area contributed by atoms with Crippen LogP contribution in [0.2, 0.25) is 0 Å². The quantitative estimate of drug-likeness (QED) is 0.457. The number of nitro groups is 1. The van der Waals surface area contributed by atoms with E-state index in [2.05, 4.69) is 31.2 Å². The third kappa shape index (κ3) is 4.34. The normalized spacial score (nSPS) is 10.4. The molecule has 0 saturated heterocycles. The van der Waals surface area contributed by atoms with E-state index in [-0.39, 0.29) is 17.4 Å². The molecule has 8 heteroatoms. The Kier molecular flexibility index (Phi) is 5.43. The van der Waals surface area contributed by atoms with Crippen LogP contribution in [0.1, 0.15) is 11.1 Å². The Morgan fingerprint density at radius 3 is 2.46 bits per heavy atom. The molecule has 26 heavy (non-hydrogen) atoms. The molecular formula is C18H15BrN4O3. The Hall–Kier alpha value is -3.00. The van der Waals surface area contributed by atoms with Gasteiger partial charge in [-0.2, -0.15) is 4.98 Å². The molecule has 0 atom stereocenters. The Morgan fingerprint density at radius 1 is 1.12 bits per heavy atom. The van der Waals surface area contributed by atoms with Crippen molar-refractivity contribution < 1.29 is 9.66 Å². The molecule has 2 aromatic carbocycles. The first-order chi connectivity index (χ1) is 12.5. The third-order valence-corrected chi connectivity index (χ3v) is 4.11. The van der Waals surface area contributed by atoms with Gasteiger partial charge in [-0.15, -0.1) is 0 Å². The molecule has 132 valence electrons. The molecule has 0 fully saturated rings. The first kappa shape index (κ1) is 17.8. The molecule has 0 aliphatic carbocycles. The fourth-order valence-corrected chi connectivity index (χ4v) is 2.50. The molecule has 1 N–H and O–H groups in total. The summed E-state index contributed by atoms with van der Waals surface area (Å²) in [6, 6.07) is 14.8. The van der Waals surface area contributed by atoms with Gasteiger partial charge in [0.1, 0.15) is 12.1 Å². The van der Waals surface area contributed by atoms with Gasteiger partial charge in [0.25, 0.3) is 0 Å². The van der Waals surface area contributed by atoms with Gasteiger partial charge in [-0.05, 0) is 36.8 Å². The highest BCUT2D eigenvalue weighted by molar-refractivity contribution is 9.10. The van der Waals surface area contributed by atoms with Gasteiger partial charge < -0.3 is 10.1 Å². The molecule has 7 nitrogen and oxygen atoms in total. The summed E-state index contributed by atoms with van der Waals surface area (Å²) in [4.78, 5) is 18.9. The average molecular weight is 415 g/mol. The molecule has 0 saturated carbocycles. The lowest BCUT2D eigenvalue weighted by Crippen LogP contribution is -2.07. The van der Waals surface area contributed by atoms with Crippen LogP contribution in [0.3, 0.4) is 0 Å². The summed E-state index contributed by atoms with van der Waals surface area (Å²) in [5, 5.41) is 14.5. The summed E-state index contributed by atoms with van der Waals surface area (Å²) in [7, 11) is 0. The zero-order valence-corrected chi connectivity index (χ0v) is 15.4. The molecule has 1 aromatic heterocycles. The SMILES string of the molecule is Cc1ccc(CNc2ncnc(Oc3ccc(Br)cc3)c2[N+](=O)[O-])cc1. The van der Waals surface area contributed by atoms with Crippen molar-refractivity contribution in [2.45, 2.75) is 13.5 Å². The number of hydrogen-bond donors (Lipinski definition) is 1. The third-order valence-electron chi connectivity index (χ3n) is 3.58. The first-order valence-electron chi connectivity index (χ1n) is 7.75. The molecule has 0 aliphatic heterocycles. The highest BCUT2D eigenvalue weighted by Gasteiger charge is 2.25. The van der Waals surface area contributed by atoms with E-state index in [9.17, 15) is 10.1 Å². The molecule has 3 rings (SSSR count). The Morgan fingerprint density at radius 2 is 1.81 bits per heavy atom. The second-order valence-corrected chi connectivity index (χ2v) is 6.44. The van der Waals surface area contributed by atoms with E-state index in [1.807, 2.05) is 31.2 Å². The van der Waals surface area contributed by atoms with Crippen molar-refractivity contribution in [2.24, 2.45) is 0 Å². The van der Waals surface area contributed by atoms with Crippen molar-refractivity contribution in [3.8, 4) is 11.6 Å². The van der Waals surface area contributed by atoms with Crippen LogP contribution in [-0.4, -0.2) is 14.9 Å². The van der Waals surface area contributed by atoms with Gasteiger partial charge in [0.2, 0.25) is 5.82 Å². The number of rotatable bonds is 6. The predicted octanol–water partition coefficient (Wildman–Crippen LogP) is 4.86. The fraction of sp³-hybridized carbons (Fsp3) is 0.111. The van der Waals surface area contributed by atoms with E-state index in [1.54, 1.807) is 24.3 Å². The van der Waals surface area contributed by atoms with Crippen LogP contribution in [0, 0.1) is 17.0 Å².